The largest absolute Gasteiger partial charge is 0.573 e. The van der Waals surface area contributed by atoms with Gasteiger partial charge in [-0.25, -0.2) is 0 Å². The molecule has 158 valence electrons. The predicted octanol–water partition coefficient (Wildman–Crippen LogP) is 4.83. The lowest BCUT2D eigenvalue weighted by molar-refractivity contribution is -0.274. The zero-order valence-corrected chi connectivity index (χ0v) is 16.1. The van der Waals surface area contributed by atoms with Crippen LogP contribution in [0.25, 0.3) is 16.6 Å². The number of benzene rings is 2. The third-order valence-corrected chi connectivity index (χ3v) is 5.34. The van der Waals surface area contributed by atoms with E-state index in [4.69, 9.17) is 0 Å². The minimum atomic E-state index is -4.75. The summed E-state index contributed by atoms with van der Waals surface area (Å²) in [7, 11) is 0. The van der Waals surface area contributed by atoms with Gasteiger partial charge < -0.3 is 14.4 Å². The summed E-state index contributed by atoms with van der Waals surface area (Å²) in [6.07, 6.45) is -3.30. The van der Waals surface area contributed by atoms with Crippen molar-refractivity contribution in [3.05, 3.63) is 60.3 Å². The maximum atomic E-state index is 12.6. The van der Waals surface area contributed by atoms with E-state index in [0.717, 1.165) is 29.9 Å². The first kappa shape index (κ1) is 20.3. The van der Waals surface area contributed by atoms with E-state index in [1.807, 2.05) is 41.0 Å². The Labute approximate surface area is 171 Å². The number of alkyl halides is 3. The molecule has 1 N–H and O–H groups in total. The van der Waals surface area contributed by atoms with Crippen LogP contribution in [0.2, 0.25) is 0 Å². The number of aromatic nitrogens is 1. The number of hydrogen-bond donors (Lipinski definition) is 1. The number of hydrogen-bond acceptors (Lipinski definition) is 3. The number of carboxylic acid groups (broad SMARTS) is 1. The first-order chi connectivity index (χ1) is 14.3. The molecule has 1 unspecified atom stereocenters. The van der Waals surface area contributed by atoms with Crippen molar-refractivity contribution in [2.45, 2.75) is 25.7 Å². The highest BCUT2D eigenvalue weighted by Gasteiger charge is 2.31. The van der Waals surface area contributed by atoms with Crippen LogP contribution in [0.15, 0.2) is 54.6 Å². The maximum absolute atomic E-state index is 12.6. The van der Waals surface area contributed by atoms with Gasteiger partial charge in [-0.3, -0.25) is 9.69 Å². The highest BCUT2D eigenvalue weighted by atomic mass is 19.4. The molecule has 1 aromatic heterocycles. The zero-order chi connectivity index (χ0) is 21.3. The highest BCUT2D eigenvalue weighted by Crippen LogP contribution is 2.31. The van der Waals surface area contributed by atoms with Gasteiger partial charge in [0.25, 0.3) is 0 Å². The number of piperidine rings is 1. The van der Waals surface area contributed by atoms with E-state index < -0.39 is 18.2 Å². The van der Waals surface area contributed by atoms with Crippen LogP contribution < -0.4 is 4.74 Å². The molecule has 30 heavy (non-hydrogen) atoms. The van der Waals surface area contributed by atoms with E-state index in [1.54, 1.807) is 6.07 Å². The van der Waals surface area contributed by atoms with E-state index in [1.165, 1.54) is 12.1 Å². The summed E-state index contributed by atoms with van der Waals surface area (Å²) in [6, 6.07) is 15.7. The molecule has 0 amide bonds. The SMILES string of the molecule is O=C(O)C1CCCN(Cc2cc3cc(OC(F)(F)F)ccc3n2-c2ccccc2)C1. The molecule has 8 heteroatoms. The Morgan fingerprint density at radius 1 is 1.13 bits per heavy atom. The second-order valence-corrected chi connectivity index (χ2v) is 7.49. The molecule has 0 spiro atoms. The van der Waals surface area contributed by atoms with Crippen molar-refractivity contribution >= 4 is 16.9 Å². The molecule has 2 aromatic carbocycles. The van der Waals surface area contributed by atoms with Gasteiger partial charge in [-0.2, -0.15) is 0 Å². The fourth-order valence-electron chi connectivity index (χ4n) is 4.08. The van der Waals surface area contributed by atoms with Crippen LogP contribution in [-0.4, -0.2) is 40.0 Å². The number of nitrogens with zero attached hydrogens (tertiary/aromatic N) is 2. The molecule has 3 aromatic rings. The smallest absolute Gasteiger partial charge is 0.481 e. The first-order valence-electron chi connectivity index (χ1n) is 9.71. The lowest BCUT2D eigenvalue weighted by Gasteiger charge is -2.30. The molecule has 1 saturated heterocycles. The monoisotopic (exact) mass is 418 g/mol. The van der Waals surface area contributed by atoms with Crippen LogP contribution in [0.1, 0.15) is 18.5 Å². The molecule has 1 aliphatic rings. The summed E-state index contributed by atoms with van der Waals surface area (Å²) in [5.74, 6) is -1.46. The van der Waals surface area contributed by atoms with Crippen LogP contribution >= 0.6 is 0 Å². The van der Waals surface area contributed by atoms with Crippen LogP contribution in [0.5, 0.6) is 5.75 Å². The fraction of sp³-hybridized carbons (Fsp3) is 0.318. The van der Waals surface area contributed by atoms with E-state index in [2.05, 4.69) is 9.64 Å². The molecule has 1 atom stereocenters. The average Bonchev–Trinajstić information content (AvgIpc) is 3.04. The number of carbonyl (C=O) groups is 1. The standard InChI is InChI=1S/C22H21F3N2O3/c23-22(24,25)30-19-8-9-20-16(12-19)11-18(27(20)17-6-2-1-3-7-17)14-26-10-4-5-15(13-26)21(28)29/h1-3,6-9,11-12,15H,4-5,10,13-14H2,(H,28,29). The van der Waals surface area contributed by atoms with Gasteiger partial charge in [-0.1, -0.05) is 18.2 Å². The van der Waals surface area contributed by atoms with E-state index in [-0.39, 0.29) is 5.75 Å². The first-order valence-corrected chi connectivity index (χ1v) is 9.71. The summed E-state index contributed by atoms with van der Waals surface area (Å²) in [6.45, 7) is 1.74. The normalized spacial score (nSPS) is 17.9. The van der Waals surface area contributed by atoms with Crippen LogP contribution in [0.4, 0.5) is 13.2 Å². The number of ether oxygens (including phenoxy) is 1. The highest BCUT2D eigenvalue weighted by molar-refractivity contribution is 5.84. The molecule has 2 heterocycles. The van der Waals surface area contributed by atoms with E-state index >= 15 is 0 Å². The van der Waals surface area contributed by atoms with Crippen molar-refractivity contribution < 1.29 is 27.8 Å². The van der Waals surface area contributed by atoms with Gasteiger partial charge in [0.15, 0.2) is 0 Å². The van der Waals surface area contributed by atoms with Crippen molar-refractivity contribution in [1.82, 2.24) is 9.47 Å². The Bertz CT molecular complexity index is 1050. The summed E-state index contributed by atoms with van der Waals surface area (Å²) in [4.78, 5) is 13.5. The second-order valence-electron chi connectivity index (χ2n) is 7.49. The Hall–Kier alpha value is -3.00. The van der Waals surface area contributed by atoms with Gasteiger partial charge in [-0.15, -0.1) is 13.2 Å². The Morgan fingerprint density at radius 3 is 2.60 bits per heavy atom. The van der Waals surface area contributed by atoms with Crippen molar-refractivity contribution in [2.24, 2.45) is 5.92 Å². The van der Waals surface area contributed by atoms with Gasteiger partial charge in [0.05, 0.1) is 11.4 Å². The number of halogens is 3. The van der Waals surface area contributed by atoms with Crippen LogP contribution in [0.3, 0.4) is 0 Å². The Morgan fingerprint density at radius 2 is 1.90 bits per heavy atom. The molecule has 0 aliphatic carbocycles. The van der Waals surface area contributed by atoms with E-state index in [0.29, 0.717) is 24.9 Å². The van der Waals surface area contributed by atoms with Crippen LogP contribution in [-0.2, 0) is 11.3 Å². The molecule has 0 bridgehead atoms. The molecule has 1 fully saturated rings. The fourth-order valence-corrected chi connectivity index (χ4v) is 4.08. The summed E-state index contributed by atoms with van der Waals surface area (Å²) in [5, 5.41) is 9.98. The summed E-state index contributed by atoms with van der Waals surface area (Å²) in [5.41, 5.74) is 2.53. The summed E-state index contributed by atoms with van der Waals surface area (Å²) >= 11 is 0. The zero-order valence-electron chi connectivity index (χ0n) is 16.1. The molecular formula is C22H21F3N2O3. The lowest BCUT2D eigenvalue weighted by atomic mass is 9.98. The van der Waals surface area contributed by atoms with Crippen LogP contribution in [0, 0.1) is 5.92 Å². The third kappa shape index (κ3) is 4.43. The number of para-hydroxylation sites is 1. The number of aliphatic carboxylic acids is 1. The quantitative estimate of drug-likeness (QED) is 0.645. The maximum Gasteiger partial charge on any atom is 0.573 e. The van der Waals surface area contributed by atoms with E-state index in [9.17, 15) is 23.1 Å². The van der Waals surface area contributed by atoms with Gasteiger partial charge in [0.2, 0.25) is 0 Å². The molecule has 4 rings (SSSR count). The number of likely N-dealkylation sites (tertiary alicyclic amines) is 1. The molecule has 5 nitrogen and oxygen atoms in total. The third-order valence-electron chi connectivity index (χ3n) is 5.34. The lowest BCUT2D eigenvalue weighted by Crippen LogP contribution is -2.38. The molecule has 0 saturated carbocycles. The van der Waals surface area contributed by atoms with Crippen molar-refractivity contribution in [3.8, 4) is 11.4 Å². The minimum Gasteiger partial charge on any atom is -0.481 e. The Kier molecular flexibility index (Phi) is 5.42. The second kappa shape index (κ2) is 8.02. The Balaban J connectivity index is 1.72. The molecular weight excluding hydrogens is 397 g/mol. The molecule has 0 radical (unpaired) electrons. The number of rotatable bonds is 5. The predicted molar refractivity (Wildman–Crippen MR) is 106 cm³/mol. The average molecular weight is 418 g/mol. The van der Waals surface area contributed by atoms with Gasteiger partial charge in [0.1, 0.15) is 5.75 Å². The van der Waals surface area contributed by atoms with Gasteiger partial charge in [0, 0.05) is 29.9 Å². The molecule has 1 aliphatic heterocycles. The van der Waals surface area contributed by atoms with Crippen molar-refractivity contribution in [2.75, 3.05) is 13.1 Å². The summed E-state index contributed by atoms with van der Waals surface area (Å²) < 4.78 is 43.9. The van der Waals surface area contributed by atoms with Gasteiger partial charge in [-0.05, 0) is 55.8 Å². The minimum absolute atomic E-state index is 0.268. The van der Waals surface area contributed by atoms with Crippen molar-refractivity contribution in [1.29, 1.82) is 0 Å². The van der Waals surface area contributed by atoms with Gasteiger partial charge >= 0.3 is 12.3 Å². The number of fused-ring (bicyclic) bond motifs is 1. The van der Waals surface area contributed by atoms with Crippen molar-refractivity contribution in [3.63, 3.8) is 0 Å². The number of carboxylic acids is 1. The topological polar surface area (TPSA) is 54.7 Å².